The zero-order valence-electron chi connectivity index (χ0n) is 11.3. The molecule has 1 amide bonds. The van der Waals surface area contributed by atoms with Crippen LogP contribution in [-0.4, -0.2) is 41.5 Å². The van der Waals surface area contributed by atoms with Crippen LogP contribution in [0.25, 0.3) is 0 Å². The smallest absolute Gasteiger partial charge is 0.234 e. The van der Waals surface area contributed by atoms with Crippen LogP contribution in [0, 0.1) is 0 Å². The summed E-state index contributed by atoms with van der Waals surface area (Å²) >= 11 is 4.86. The first-order chi connectivity index (χ1) is 7.90. The van der Waals surface area contributed by atoms with Crippen molar-refractivity contribution in [3.05, 3.63) is 0 Å². The molecule has 0 aliphatic carbocycles. The minimum Gasteiger partial charge on any atom is -0.393 e. The van der Waals surface area contributed by atoms with Crippen LogP contribution in [0.5, 0.6) is 0 Å². The molecule has 0 bridgehead atoms. The van der Waals surface area contributed by atoms with E-state index in [2.05, 4.69) is 19.2 Å². The Bertz CT molecular complexity index is 254. The van der Waals surface area contributed by atoms with Gasteiger partial charge in [-0.15, -0.1) is 0 Å². The van der Waals surface area contributed by atoms with Gasteiger partial charge in [-0.1, -0.05) is 26.1 Å². The fourth-order valence-electron chi connectivity index (χ4n) is 1.60. The minimum atomic E-state index is 0.0657. The molecule has 5 heteroatoms. The van der Waals surface area contributed by atoms with Gasteiger partial charge < -0.3 is 11.1 Å². The molecule has 0 saturated heterocycles. The van der Waals surface area contributed by atoms with Gasteiger partial charge in [-0.05, 0) is 26.8 Å². The van der Waals surface area contributed by atoms with E-state index in [1.807, 2.05) is 18.9 Å². The summed E-state index contributed by atoms with van der Waals surface area (Å²) in [5.41, 5.74) is 5.49. The van der Waals surface area contributed by atoms with E-state index in [1.165, 1.54) is 0 Å². The van der Waals surface area contributed by atoms with Crippen molar-refractivity contribution in [3.8, 4) is 0 Å². The first-order valence-corrected chi connectivity index (χ1v) is 6.59. The topological polar surface area (TPSA) is 58.4 Å². The molecule has 0 aliphatic rings. The van der Waals surface area contributed by atoms with Gasteiger partial charge in [0.25, 0.3) is 0 Å². The van der Waals surface area contributed by atoms with Gasteiger partial charge in [-0.2, -0.15) is 0 Å². The summed E-state index contributed by atoms with van der Waals surface area (Å²) in [4.78, 5) is 14.2. The summed E-state index contributed by atoms with van der Waals surface area (Å²) in [6, 6.07) is 0.474. The molecular formula is C12H25N3OS. The fraction of sp³-hybridized carbons (Fsp3) is 0.833. The molecular weight excluding hydrogens is 234 g/mol. The Morgan fingerprint density at radius 3 is 2.35 bits per heavy atom. The number of carbonyl (C=O) groups is 1. The predicted molar refractivity (Wildman–Crippen MR) is 76.0 cm³/mol. The van der Waals surface area contributed by atoms with E-state index >= 15 is 0 Å². The first-order valence-electron chi connectivity index (χ1n) is 6.18. The lowest BCUT2D eigenvalue weighted by molar-refractivity contribution is -0.123. The summed E-state index contributed by atoms with van der Waals surface area (Å²) in [6.07, 6.45) is 2.58. The fourth-order valence-corrected chi connectivity index (χ4v) is 1.84. The first kappa shape index (κ1) is 16.3. The molecule has 0 spiro atoms. The van der Waals surface area contributed by atoms with E-state index in [9.17, 15) is 4.79 Å². The molecule has 0 aromatic carbocycles. The van der Waals surface area contributed by atoms with Crippen LogP contribution in [0.4, 0.5) is 0 Å². The molecule has 0 aromatic rings. The van der Waals surface area contributed by atoms with Gasteiger partial charge in [0.05, 0.1) is 11.5 Å². The number of likely N-dealkylation sites (N-methyl/N-ethyl adjacent to an activating group) is 1. The van der Waals surface area contributed by atoms with Crippen molar-refractivity contribution in [2.24, 2.45) is 5.73 Å². The maximum atomic E-state index is 11.8. The number of carbonyl (C=O) groups excluding carboxylic acids is 1. The Morgan fingerprint density at radius 2 is 1.94 bits per heavy atom. The van der Waals surface area contributed by atoms with E-state index in [0.29, 0.717) is 18.0 Å². The summed E-state index contributed by atoms with van der Waals surface area (Å²) < 4.78 is 0. The number of nitrogens with two attached hydrogens (primary N) is 1. The third kappa shape index (κ3) is 7.28. The number of rotatable bonds is 8. The van der Waals surface area contributed by atoms with Crippen molar-refractivity contribution in [1.82, 2.24) is 10.2 Å². The highest BCUT2D eigenvalue weighted by molar-refractivity contribution is 7.80. The third-order valence-corrected chi connectivity index (χ3v) is 3.16. The Kier molecular flexibility index (Phi) is 8.08. The van der Waals surface area contributed by atoms with Crippen LogP contribution in [0.2, 0.25) is 0 Å². The average Bonchev–Trinajstić information content (AvgIpc) is 2.24. The van der Waals surface area contributed by atoms with Crippen molar-refractivity contribution in [1.29, 1.82) is 0 Å². The van der Waals surface area contributed by atoms with Gasteiger partial charge in [0.15, 0.2) is 0 Å². The number of hydrogen-bond acceptors (Lipinski definition) is 3. The molecule has 0 aromatic heterocycles. The molecule has 4 nitrogen and oxygen atoms in total. The quantitative estimate of drug-likeness (QED) is 0.645. The monoisotopic (exact) mass is 259 g/mol. The van der Waals surface area contributed by atoms with Crippen molar-refractivity contribution < 1.29 is 4.79 Å². The third-order valence-electron chi connectivity index (χ3n) is 2.99. The molecule has 1 atom stereocenters. The zero-order chi connectivity index (χ0) is 13.4. The van der Waals surface area contributed by atoms with Gasteiger partial charge in [-0.3, -0.25) is 9.69 Å². The molecule has 0 saturated carbocycles. The lowest BCUT2D eigenvalue weighted by Crippen LogP contribution is -2.43. The van der Waals surface area contributed by atoms with E-state index in [0.717, 1.165) is 12.8 Å². The lowest BCUT2D eigenvalue weighted by Gasteiger charge is -2.24. The number of hydrogen-bond donors (Lipinski definition) is 2. The maximum absolute atomic E-state index is 11.8. The van der Waals surface area contributed by atoms with Crippen LogP contribution in [0.15, 0.2) is 0 Å². The van der Waals surface area contributed by atoms with Crippen LogP contribution in [0.3, 0.4) is 0 Å². The number of nitrogens with one attached hydrogen (secondary N) is 1. The molecule has 0 aliphatic heterocycles. The van der Waals surface area contributed by atoms with Crippen molar-refractivity contribution in [3.63, 3.8) is 0 Å². The molecule has 3 N–H and O–H groups in total. The second-order valence-corrected chi connectivity index (χ2v) is 5.04. The number of amides is 1. The average molecular weight is 259 g/mol. The van der Waals surface area contributed by atoms with Crippen molar-refractivity contribution >= 4 is 23.1 Å². The summed E-state index contributed by atoms with van der Waals surface area (Å²) in [6.45, 7) is 6.56. The molecule has 100 valence electrons. The largest absolute Gasteiger partial charge is 0.393 e. The normalized spacial score (nSPS) is 12.8. The highest BCUT2D eigenvalue weighted by Gasteiger charge is 2.15. The molecule has 0 radical (unpaired) electrons. The zero-order valence-corrected chi connectivity index (χ0v) is 12.1. The minimum absolute atomic E-state index is 0.0657. The highest BCUT2D eigenvalue weighted by Crippen LogP contribution is 2.01. The molecule has 17 heavy (non-hydrogen) atoms. The second kappa shape index (κ2) is 8.42. The maximum Gasteiger partial charge on any atom is 0.234 e. The van der Waals surface area contributed by atoms with Gasteiger partial charge in [0.2, 0.25) is 5.91 Å². The molecule has 0 fully saturated rings. The van der Waals surface area contributed by atoms with Gasteiger partial charge in [0, 0.05) is 18.5 Å². The van der Waals surface area contributed by atoms with Crippen LogP contribution >= 0.6 is 12.2 Å². The summed E-state index contributed by atoms with van der Waals surface area (Å²) in [5, 5.41) is 3.01. The number of nitrogens with zero attached hydrogens (tertiary/aromatic N) is 1. The Hall–Kier alpha value is -0.680. The lowest BCUT2D eigenvalue weighted by atomic mass is 10.1. The Labute approximate surface area is 110 Å². The van der Waals surface area contributed by atoms with Crippen LogP contribution in [0.1, 0.15) is 40.0 Å². The van der Waals surface area contributed by atoms with Gasteiger partial charge in [-0.25, -0.2) is 0 Å². The molecule has 1 unspecified atom stereocenters. The standard InChI is InChI=1S/C12H25N3OS/c1-5-10(6-2)14-12(16)8-15(4)9(3)7-11(13)17/h9-10H,5-8H2,1-4H3,(H2,13,17)(H,14,16). The molecule has 0 rings (SSSR count). The number of thiocarbonyl (C=S) groups is 1. The van der Waals surface area contributed by atoms with E-state index < -0.39 is 0 Å². The SMILES string of the molecule is CCC(CC)NC(=O)CN(C)C(C)CC(N)=S. The summed E-state index contributed by atoms with van der Waals surface area (Å²) in [5.74, 6) is 0.0657. The van der Waals surface area contributed by atoms with Crippen LogP contribution < -0.4 is 11.1 Å². The summed E-state index contributed by atoms with van der Waals surface area (Å²) in [7, 11) is 1.91. The van der Waals surface area contributed by atoms with E-state index in [-0.39, 0.29) is 18.0 Å². The molecule has 0 heterocycles. The van der Waals surface area contributed by atoms with Crippen molar-refractivity contribution in [2.75, 3.05) is 13.6 Å². The van der Waals surface area contributed by atoms with Gasteiger partial charge in [0.1, 0.15) is 0 Å². The Balaban J connectivity index is 4.06. The van der Waals surface area contributed by atoms with E-state index in [1.54, 1.807) is 0 Å². The van der Waals surface area contributed by atoms with E-state index in [4.69, 9.17) is 18.0 Å². The highest BCUT2D eigenvalue weighted by atomic mass is 32.1. The predicted octanol–water partition coefficient (Wildman–Crippen LogP) is 1.29. The van der Waals surface area contributed by atoms with Crippen molar-refractivity contribution in [2.45, 2.75) is 52.1 Å². The van der Waals surface area contributed by atoms with Crippen LogP contribution in [-0.2, 0) is 4.79 Å². The van der Waals surface area contributed by atoms with Gasteiger partial charge >= 0.3 is 0 Å². The Morgan fingerprint density at radius 1 is 1.41 bits per heavy atom. The second-order valence-electron chi connectivity index (χ2n) is 4.52.